The van der Waals surface area contributed by atoms with Crippen LogP contribution in [0.4, 0.5) is 0 Å². The third-order valence-electron chi connectivity index (χ3n) is 8.00. The van der Waals surface area contributed by atoms with Crippen molar-refractivity contribution in [3.05, 3.63) is 163 Å². The summed E-state index contributed by atoms with van der Waals surface area (Å²) < 4.78 is 1.96. The van der Waals surface area contributed by atoms with Crippen LogP contribution in [0.15, 0.2) is 152 Å². The number of para-hydroxylation sites is 1. The lowest BCUT2D eigenvalue weighted by molar-refractivity contribution is 0.871. The highest BCUT2D eigenvalue weighted by atomic mass is 15.3. The molecule has 0 unspecified atom stereocenters. The summed E-state index contributed by atoms with van der Waals surface area (Å²) in [5.74, 6) is 0.832. The van der Waals surface area contributed by atoms with Crippen molar-refractivity contribution in [2.45, 2.75) is 13.8 Å². The number of hydrogen-bond acceptors (Lipinski definition) is 2. The Balaban J connectivity index is 1.30. The molecule has 0 N–H and O–H groups in total. The smallest absolute Gasteiger partial charge is 0.163 e. The third-order valence-corrected chi connectivity index (χ3v) is 8.00. The zero-order valence-corrected chi connectivity index (χ0v) is 24.3. The van der Waals surface area contributed by atoms with Crippen molar-refractivity contribution < 1.29 is 0 Å². The van der Waals surface area contributed by atoms with Crippen LogP contribution >= 0.6 is 0 Å². The second kappa shape index (κ2) is 11.4. The van der Waals surface area contributed by atoms with Crippen LogP contribution in [0.3, 0.4) is 0 Å². The van der Waals surface area contributed by atoms with Gasteiger partial charge in [0.2, 0.25) is 0 Å². The number of aryl methyl sites for hydroxylation is 2. The Morgan fingerprint density at radius 1 is 0.395 bits per heavy atom. The summed E-state index contributed by atoms with van der Waals surface area (Å²) >= 11 is 0. The second-order valence-corrected chi connectivity index (χ2v) is 10.9. The van der Waals surface area contributed by atoms with Gasteiger partial charge in [-0.1, -0.05) is 115 Å². The lowest BCUT2D eigenvalue weighted by atomic mass is 9.92. The first kappa shape index (κ1) is 26.4. The molecule has 6 aromatic carbocycles. The molecule has 0 aliphatic heterocycles. The fourth-order valence-corrected chi connectivity index (χ4v) is 5.85. The van der Waals surface area contributed by atoms with E-state index in [-0.39, 0.29) is 0 Å². The van der Waals surface area contributed by atoms with Gasteiger partial charge in [-0.3, -0.25) is 0 Å². The molecule has 0 saturated carbocycles. The van der Waals surface area contributed by atoms with E-state index in [1.54, 1.807) is 6.33 Å². The van der Waals surface area contributed by atoms with Gasteiger partial charge in [0.1, 0.15) is 6.33 Å². The van der Waals surface area contributed by atoms with Gasteiger partial charge in [-0.15, -0.1) is 0 Å². The van der Waals surface area contributed by atoms with Crippen molar-refractivity contribution in [2.75, 3.05) is 0 Å². The Kier molecular flexibility index (Phi) is 6.98. The van der Waals surface area contributed by atoms with Gasteiger partial charge in [0.05, 0.1) is 5.69 Å². The van der Waals surface area contributed by atoms with Gasteiger partial charge in [-0.05, 0) is 99.8 Å². The first-order valence-corrected chi connectivity index (χ1v) is 14.6. The number of benzene rings is 6. The minimum atomic E-state index is 0.832. The van der Waals surface area contributed by atoms with Crippen LogP contribution in [0, 0.1) is 13.8 Å². The molecule has 0 bridgehead atoms. The zero-order valence-electron chi connectivity index (χ0n) is 24.3. The molecule has 7 rings (SSSR count). The normalized spacial score (nSPS) is 11.0. The first-order chi connectivity index (χ1) is 21.1. The first-order valence-electron chi connectivity index (χ1n) is 14.6. The Morgan fingerprint density at radius 2 is 0.791 bits per heavy atom. The summed E-state index contributed by atoms with van der Waals surface area (Å²) in [4.78, 5) is 4.67. The Hall–Kier alpha value is -5.54. The monoisotopic (exact) mass is 553 g/mol. The molecule has 0 amide bonds. The summed E-state index contributed by atoms with van der Waals surface area (Å²) in [6.07, 6.45) is 1.64. The van der Waals surface area contributed by atoms with E-state index in [0.717, 1.165) is 28.2 Å². The maximum atomic E-state index is 4.67. The molecule has 1 heterocycles. The van der Waals surface area contributed by atoms with Crippen LogP contribution in [0.25, 0.3) is 61.6 Å². The van der Waals surface area contributed by atoms with Crippen molar-refractivity contribution in [1.82, 2.24) is 14.8 Å². The maximum absolute atomic E-state index is 4.67. The van der Waals surface area contributed by atoms with Crippen molar-refractivity contribution in [1.29, 1.82) is 0 Å². The highest BCUT2D eigenvalue weighted by Crippen LogP contribution is 2.35. The van der Waals surface area contributed by atoms with E-state index in [2.05, 4.69) is 170 Å². The SMILES string of the molecule is Cc1cccc(C)c1-n1ncnc1-c1cccc(-c2cccc(-c3cc(-c4ccccc4)cc(-c4ccccc4)c3)c2)c1. The van der Waals surface area contributed by atoms with E-state index < -0.39 is 0 Å². The lowest BCUT2D eigenvalue weighted by Crippen LogP contribution is -2.04. The molecule has 7 aromatic rings. The molecule has 0 aliphatic rings. The maximum Gasteiger partial charge on any atom is 0.163 e. The third kappa shape index (κ3) is 5.29. The molecule has 3 nitrogen and oxygen atoms in total. The van der Waals surface area contributed by atoms with Gasteiger partial charge in [0, 0.05) is 5.56 Å². The van der Waals surface area contributed by atoms with E-state index in [4.69, 9.17) is 0 Å². The van der Waals surface area contributed by atoms with E-state index in [1.807, 2.05) is 4.68 Å². The number of rotatable bonds is 6. The predicted molar refractivity (Wildman–Crippen MR) is 178 cm³/mol. The number of aromatic nitrogens is 3. The minimum Gasteiger partial charge on any atom is -0.215 e. The van der Waals surface area contributed by atoms with Gasteiger partial charge in [-0.25, -0.2) is 9.67 Å². The molecule has 0 saturated heterocycles. The highest BCUT2D eigenvalue weighted by molar-refractivity contribution is 5.83. The second-order valence-electron chi connectivity index (χ2n) is 10.9. The van der Waals surface area contributed by atoms with E-state index >= 15 is 0 Å². The number of hydrogen-bond donors (Lipinski definition) is 0. The molecule has 0 radical (unpaired) electrons. The molecule has 0 aliphatic carbocycles. The van der Waals surface area contributed by atoms with Crippen molar-refractivity contribution in [3.8, 4) is 61.6 Å². The Bertz CT molecular complexity index is 1960. The van der Waals surface area contributed by atoms with E-state index in [9.17, 15) is 0 Å². The van der Waals surface area contributed by atoms with Gasteiger partial charge in [0.15, 0.2) is 5.82 Å². The van der Waals surface area contributed by atoms with Crippen LogP contribution in [-0.4, -0.2) is 14.8 Å². The van der Waals surface area contributed by atoms with Crippen LogP contribution in [0.2, 0.25) is 0 Å². The Labute approximate surface area is 252 Å². The molecule has 206 valence electrons. The Morgan fingerprint density at radius 3 is 1.35 bits per heavy atom. The fraction of sp³-hybridized carbons (Fsp3) is 0.0500. The summed E-state index contributed by atoms with van der Waals surface area (Å²) in [5.41, 5.74) is 13.9. The van der Waals surface area contributed by atoms with Crippen molar-refractivity contribution in [3.63, 3.8) is 0 Å². The summed E-state index contributed by atoms with van der Waals surface area (Å²) in [6, 6.07) is 51.8. The molecule has 3 heteroatoms. The molecule has 0 fully saturated rings. The van der Waals surface area contributed by atoms with Crippen LogP contribution in [-0.2, 0) is 0 Å². The van der Waals surface area contributed by atoms with E-state index in [0.29, 0.717) is 0 Å². The molecular weight excluding hydrogens is 522 g/mol. The molecular formula is C40H31N3. The quantitative estimate of drug-likeness (QED) is 0.205. The predicted octanol–water partition coefficient (Wildman–Crippen LogP) is 10.2. The fourth-order valence-electron chi connectivity index (χ4n) is 5.85. The number of nitrogens with zero attached hydrogens (tertiary/aromatic N) is 3. The van der Waals surface area contributed by atoms with Crippen molar-refractivity contribution in [2.24, 2.45) is 0 Å². The topological polar surface area (TPSA) is 30.7 Å². The standard InChI is InChI=1S/C40H31N3/c1-28-12-9-13-29(2)39(28)43-40(41-27-42-43)35-21-11-19-33(23-35)32-18-10-20-34(22-32)38-25-36(30-14-5-3-6-15-30)24-37(26-38)31-16-7-4-8-17-31/h3-27H,1-2H3. The van der Waals surface area contributed by atoms with Crippen molar-refractivity contribution >= 4 is 0 Å². The summed E-state index contributed by atoms with van der Waals surface area (Å²) in [5, 5.41) is 4.61. The van der Waals surface area contributed by atoms with Gasteiger partial charge in [0.25, 0.3) is 0 Å². The minimum absolute atomic E-state index is 0.832. The van der Waals surface area contributed by atoms with Gasteiger partial charge in [-0.2, -0.15) is 5.10 Å². The van der Waals surface area contributed by atoms with Gasteiger partial charge >= 0.3 is 0 Å². The lowest BCUT2D eigenvalue weighted by Gasteiger charge is -2.14. The average Bonchev–Trinajstić information content (AvgIpc) is 3.55. The van der Waals surface area contributed by atoms with Crippen LogP contribution < -0.4 is 0 Å². The molecule has 1 aromatic heterocycles. The molecule has 43 heavy (non-hydrogen) atoms. The average molecular weight is 554 g/mol. The molecule has 0 atom stereocenters. The van der Waals surface area contributed by atoms with E-state index in [1.165, 1.54) is 44.5 Å². The van der Waals surface area contributed by atoms with Gasteiger partial charge < -0.3 is 0 Å². The highest BCUT2D eigenvalue weighted by Gasteiger charge is 2.14. The largest absolute Gasteiger partial charge is 0.215 e. The van der Waals surface area contributed by atoms with Crippen LogP contribution in [0.5, 0.6) is 0 Å². The summed E-state index contributed by atoms with van der Waals surface area (Å²) in [7, 11) is 0. The van der Waals surface area contributed by atoms with Crippen LogP contribution in [0.1, 0.15) is 11.1 Å². The molecule has 0 spiro atoms. The summed E-state index contributed by atoms with van der Waals surface area (Å²) in [6.45, 7) is 4.23. The zero-order chi connectivity index (χ0) is 29.2.